The Kier molecular flexibility index (Phi) is 4.96. The quantitative estimate of drug-likeness (QED) is 0.344. The van der Waals surface area contributed by atoms with Gasteiger partial charge in [-0.3, -0.25) is 15.1 Å². The van der Waals surface area contributed by atoms with Crippen molar-refractivity contribution in [3.05, 3.63) is 81.9 Å². The van der Waals surface area contributed by atoms with Crippen molar-refractivity contribution in [3.8, 4) is 17.4 Å². The van der Waals surface area contributed by atoms with Crippen LogP contribution in [0.3, 0.4) is 0 Å². The van der Waals surface area contributed by atoms with Crippen LogP contribution in [0, 0.1) is 21.4 Å². The monoisotopic (exact) mass is 385 g/mol. The molecule has 0 amide bonds. The van der Waals surface area contributed by atoms with Crippen LogP contribution in [0.4, 0.5) is 18.9 Å². The zero-order chi connectivity index (χ0) is 20.3. The van der Waals surface area contributed by atoms with Crippen molar-refractivity contribution in [3.63, 3.8) is 0 Å². The molecule has 0 radical (unpaired) electrons. The van der Waals surface area contributed by atoms with E-state index in [-0.39, 0.29) is 34.0 Å². The summed E-state index contributed by atoms with van der Waals surface area (Å²) in [6, 6.07) is 12.8. The van der Waals surface area contributed by atoms with Gasteiger partial charge in [0.15, 0.2) is 0 Å². The summed E-state index contributed by atoms with van der Waals surface area (Å²) in [4.78, 5) is 14.3. The molecule has 28 heavy (non-hydrogen) atoms. The molecule has 0 aliphatic rings. The van der Waals surface area contributed by atoms with Crippen molar-refractivity contribution in [1.29, 1.82) is 5.26 Å². The van der Waals surface area contributed by atoms with Gasteiger partial charge in [-0.2, -0.15) is 18.4 Å². The third-order valence-electron chi connectivity index (χ3n) is 3.77. The van der Waals surface area contributed by atoms with Gasteiger partial charge in [0.2, 0.25) is 0 Å². The van der Waals surface area contributed by atoms with Gasteiger partial charge in [0.05, 0.1) is 27.3 Å². The molecule has 3 rings (SSSR count). The maximum Gasteiger partial charge on any atom is 0.417 e. The number of para-hydroxylation sites is 1. The summed E-state index contributed by atoms with van der Waals surface area (Å²) in [5.41, 5.74) is -0.780. The number of nitro benzene ring substituents is 1. The van der Waals surface area contributed by atoms with Gasteiger partial charge in [-0.1, -0.05) is 12.1 Å². The van der Waals surface area contributed by atoms with Gasteiger partial charge in [-0.05, 0) is 30.3 Å². The molecule has 0 spiro atoms. The second-order valence-corrected chi connectivity index (χ2v) is 5.58. The molecule has 140 valence electrons. The molecule has 6 nitrogen and oxygen atoms in total. The van der Waals surface area contributed by atoms with Crippen LogP contribution in [0.5, 0.6) is 0 Å². The van der Waals surface area contributed by atoms with Crippen molar-refractivity contribution in [1.82, 2.24) is 4.98 Å². The molecule has 1 aromatic carbocycles. The molecular weight excluding hydrogens is 375 g/mol. The van der Waals surface area contributed by atoms with E-state index in [0.717, 1.165) is 12.1 Å². The molecule has 0 atom stereocenters. The molecule has 0 unspecified atom stereocenters. The van der Waals surface area contributed by atoms with Crippen LogP contribution in [0.1, 0.15) is 17.0 Å². The maximum atomic E-state index is 12.6. The van der Waals surface area contributed by atoms with E-state index in [1.54, 1.807) is 6.07 Å². The zero-order valence-corrected chi connectivity index (χ0v) is 14.0. The first-order valence-electron chi connectivity index (χ1n) is 7.78. The summed E-state index contributed by atoms with van der Waals surface area (Å²) in [6.45, 7) is 0. The maximum absolute atomic E-state index is 12.6. The highest BCUT2D eigenvalue weighted by Crippen LogP contribution is 2.32. The number of nitriles is 1. The minimum atomic E-state index is -4.53. The molecule has 0 bridgehead atoms. The number of nitro groups is 1. The fraction of sp³-hybridized carbons (Fsp3) is 0.0526. The van der Waals surface area contributed by atoms with E-state index in [0.29, 0.717) is 6.20 Å². The fourth-order valence-corrected chi connectivity index (χ4v) is 2.44. The second kappa shape index (κ2) is 7.36. The third kappa shape index (κ3) is 3.91. The SMILES string of the molecule is N#C/C(=C\c1ccc(-c2ccccc2[N+](=O)[O-])o1)c1ccc(C(F)(F)F)cn1. The minimum absolute atomic E-state index is 0.0165. The largest absolute Gasteiger partial charge is 0.456 e. The van der Waals surface area contributed by atoms with Crippen molar-refractivity contribution in [2.45, 2.75) is 6.18 Å². The van der Waals surface area contributed by atoms with Crippen LogP contribution < -0.4 is 0 Å². The second-order valence-electron chi connectivity index (χ2n) is 5.58. The van der Waals surface area contributed by atoms with Gasteiger partial charge >= 0.3 is 6.18 Å². The van der Waals surface area contributed by atoms with Gasteiger partial charge in [-0.15, -0.1) is 0 Å². The minimum Gasteiger partial charge on any atom is -0.456 e. The lowest BCUT2D eigenvalue weighted by molar-refractivity contribution is -0.384. The summed E-state index contributed by atoms with van der Waals surface area (Å²) in [5.74, 6) is 0.419. The number of allylic oxidation sites excluding steroid dienone is 1. The number of rotatable bonds is 4. The summed E-state index contributed by atoms with van der Waals surface area (Å²) in [5, 5.41) is 20.4. The van der Waals surface area contributed by atoms with Crippen LogP contribution in [0.2, 0.25) is 0 Å². The van der Waals surface area contributed by atoms with Gasteiger partial charge in [0, 0.05) is 18.3 Å². The van der Waals surface area contributed by atoms with Crippen LogP contribution >= 0.6 is 0 Å². The zero-order valence-electron chi connectivity index (χ0n) is 14.0. The van der Waals surface area contributed by atoms with E-state index in [9.17, 15) is 28.5 Å². The molecule has 0 saturated carbocycles. The first-order valence-corrected chi connectivity index (χ1v) is 7.78. The number of hydrogen-bond acceptors (Lipinski definition) is 5. The summed E-state index contributed by atoms with van der Waals surface area (Å²) in [7, 11) is 0. The molecule has 0 N–H and O–H groups in total. The van der Waals surface area contributed by atoms with Crippen LogP contribution in [0.15, 0.2) is 59.1 Å². The average molecular weight is 385 g/mol. The Morgan fingerprint density at radius 1 is 1.18 bits per heavy atom. The Bertz CT molecular complexity index is 1090. The van der Waals surface area contributed by atoms with Crippen molar-refractivity contribution < 1.29 is 22.5 Å². The number of benzene rings is 1. The highest BCUT2D eigenvalue weighted by atomic mass is 19.4. The topological polar surface area (TPSA) is 93.0 Å². The first kappa shape index (κ1) is 18.8. The molecule has 2 heterocycles. The molecule has 2 aromatic heterocycles. The predicted molar refractivity (Wildman–Crippen MR) is 93.5 cm³/mol. The van der Waals surface area contributed by atoms with E-state index in [1.165, 1.54) is 36.4 Å². The van der Waals surface area contributed by atoms with Crippen LogP contribution in [-0.4, -0.2) is 9.91 Å². The molecule has 0 aliphatic carbocycles. The lowest BCUT2D eigenvalue weighted by atomic mass is 10.1. The Labute approximate surface area is 156 Å². The van der Waals surface area contributed by atoms with E-state index >= 15 is 0 Å². The normalized spacial score (nSPS) is 11.9. The molecular formula is C19H10F3N3O3. The number of alkyl halides is 3. The van der Waals surface area contributed by atoms with Crippen LogP contribution in [0.25, 0.3) is 23.0 Å². The number of aromatic nitrogens is 1. The van der Waals surface area contributed by atoms with Crippen molar-refractivity contribution >= 4 is 17.3 Å². The highest BCUT2D eigenvalue weighted by Gasteiger charge is 2.30. The number of furan rings is 1. The summed E-state index contributed by atoms with van der Waals surface area (Å²) >= 11 is 0. The van der Waals surface area contributed by atoms with Crippen LogP contribution in [-0.2, 0) is 6.18 Å². The van der Waals surface area contributed by atoms with Crippen molar-refractivity contribution in [2.75, 3.05) is 0 Å². The lowest BCUT2D eigenvalue weighted by Crippen LogP contribution is -2.05. The third-order valence-corrected chi connectivity index (χ3v) is 3.77. The molecule has 9 heteroatoms. The average Bonchev–Trinajstić information content (AvgIpc) is 3.14. The van der Waals surface area contributed by atoms with Gasteiger partial charge in [0.25, 0.3) is 5.69 Å². The Balaban J connectivity index is 1.94. The number of halogens is 3. The molecule has 3 aromatic rings. The highest BCUT2D eigenvalue weighted by molar-refractivity contribution is 5.87. The Morgan fingerprint density at radius 2 is 1.93 bits per heavy atom. The molecule has 0 aliphatic heterocycles. The predicted octanol–water partition coefficient (Wildman–Crippen LogP) is 5.33. The van der Waals surface area contributed by atoms with E-state index in [4.69, 9.17) is 4.42 Å². The molecule has 0 saturated heterocycles. The van der Waals surface area contributed by atoms with Gasteiger partial charge < -0.3 is 4.42 Å². The summed E-state index contributed by atoms with van der Waals surface area (Å²) in [6.07, 6.45) is -2.59. The number of pyridine rings is 1. The number of hydrogen-bond donors (Lipinski definition) is 0. The smallest absolute Gasteiger partial charge is 0.417 e. The first-order chi connectivity index (χ1) is 13.3. The fourth-order valence-electron chi connectivity index (χ4n) is 2.44. The van der Waals surface area contributed by atoms with E-state index < -0.39 is 16.7 Å². The lowest BCUT2D eigenvalue weighted by Gasteiger charge is -2.06. The van der Waals surface area contributed by atoms with Gasteiger partial charge in [-0.25, -0.2) is 0 Å². The van der Waals surface area contributed by atoms with Gasteiger partial charge in [0.1, 0.15) is 17.6 Å². The van der Waals surface area contributed by atoms with E-state index in [1.807, 2.05) is 6.07 Å². The Hall–Kier alpha value is -3.93. The number of nitrogens with zero attached hydrogens (tertiary/aromatic N) is 3. The standard InChI is InChI=1S/C19H10F3N3O3/c20-19(21,22)13-5-7-16(24-11-13)12(10-23)9-14-6-8-18(28-14)15-3-1-2-4-17(15)25(26)27/h1-9,11H/b12-9+. The summed E-state index contributed by atoms with van der Waals surface area (Å²) < 4.78 is 43.4. The van der Waals surface area contributed by atoms with E-state index in [2.05, 4.69) is 4.98 Å². The Morgan fingerprint density at radius 3 is 2.54 bits per heavy atom. The van der Waals surface area contributed by atoms with Crippen molar-refractivity contribution in [2.24, 2.45) is 0 Å². The molecule has 0 fully saturated rings.